The molecule has 2 aromatic rings. The summed E-state index contributed by atoms with van der Waals surface area (Å²) < 4.78 is 5.25. The zero-order valence-electron chi connectivity index (χ0n) is 10.5. The molecule has 0 radical (unpaired) electrons. The van der Waals surface area contributed by atoms with Crippen molar-refractivity contribution >= 4 is 11.3 Å². The third-order valence-corrected chi connectivity index (χ3v) is 3.65. The van der Waals surface area contributed by atoms with Crippen LogP contribution >= 0.6 is 11.3 Å². The highest BCUT2D eigenvalue weighted by Crippen LogP contribution is 2.27. The van der Waals surface area contributed by atoms with Crippen molar-refractivity contribution in [3.8, 4) is 0 Å². The molecule has 0 aromatic carbocycles. The van der Waals surface area contributed by atoms with Crippen molar-refractivity contribution in [2.75, 3.05) is 0 Å². The number of thiophene rings is 1. The van der Waals surface area contributed by atoms with Crippen molar-refractivity contribution in [3.63, 3.8) is 0 Å². The second-order valence-corrected chi connectivity index (χ2v) is 6.10. The summed E-state index contributed by atoms with van der Waals surface area (Å²) in [7, 11) is 0. The van der Waals surface area contributed by atoms with Crippen LogP contribution in [0.1, 0.15) is 49.0 Å². The average molecular weight is 251 g/mol. The van der Waals surface area contributed by atoms with Crippen LogP contribution in [-0.4, -0.2) is 10.1 Å². The molecule has 2 aromatic heterocycles. The molecule has 1 atom stereocenters. The highest BCUT2D eigenvalue weighted by molar-refractivity contribution is 7.10. The summed E-state index contributed by atoms with van der Waals surface area (Å²) in [5.74, 6) is 1.18. The molecule has 0 saturated heterocycles. The molecule has 5 heteroatoms. The van der Waals surface area contributed by atoms with Crippen LogP contribution in [-0.2, 0) is 5.41 Å². The highest BCUT2D eigenvalue weighted by atomic mass is 32.1. The molecule has 4 nitrogen and oxygen atoms in total. The van der Waals surface area contributed by atoms with Crippen LogP contribution in [0.4, 0.5) is 0 Å². The maximum atomic E-state index is 6.14. The van der Waals surface area contributed by atoms with E-state index in [0.29, 0.717) is 11.7 Å². The lowest BCUT2D eigenvalue weighted by atomic mass is 9.97. The highest BCUT2D eigenvalue weighted by Gasteiger charge is 2.25. The van der Waals surface area contributed by atoms with Gasteiger partial charge in [0, 0.05) is 10.3 Å². The fraction of sp³-hybridized carbons (Fsp3) is 0.500. The Morgan fingerprint density at radius 2 is 2.12 bits per heavy atom. The summed E-state index contributed by atoms with van der Waals surface area (Å²) in [6.07, 6.45) is 0. The fourth-order valence-corrected chi connectivity index (χ4v) is 2.41. The molecule has 1 unspecified atom stereocenters. The normalized spacial score (nSPS) is 13.9. The zero-order chi connectivity index (χ0) is 12.6. The molecule has 0 amide bonds. The number of nitrogens with zero attached hydrogens (tertiary/aromatic N) is 2. The Hall–Kier alpha value is -1.20. The van der Waals surface area contributed by atoms with Gasteiger partial charge in [0.1, 0.15) is 6.04 Å². The molecule has 2 heterocycles. The summed E-state index contributed by atoms with van der Waals surface area (Å²) >= 11 is 1.62. The third kappa shape index (κ3) is 2.40. The lowest BCUT2D eigenvalue weighted by Gasteiger charge is -2.10. The fourth-order valence-electron chi connectivity index (χ4n) is 1.49. The molecular formula is C12H17N3OS. The van der Waals surface area contributed by atoms with E-state index in [1.807, 2.05) is 39.1 Å². The average Bonchev–Trinajstić information content (AvgIpc) is 2.83. The Balaban J connectivity index is 2.30. The minimum Gasteiger partial charge on any atom is -0.339 e. The second-order valence-electron chi connectivity index (χ2n) is 5.15. The van der Waals surface area contributed by atoms with Gasteiger partial charge in [0.2, 0.25) is 5.89 Å². The molecule has 0 bridgehead atoms. The number of hydrogen-bond donors (Lipinski definition) is 1. The standard InChI is InChI=1S/C12H17N3OS/c1-7-5-6-17-9(7)8(13)10-14-11(16-15-10)12(2,3)4/h5-6,8H,13H2,1-4H3. The Morgan fingerprint density at radius 3 is 2.59 bits per heavy atom. The van der Waals surface area contributed by atoms with Gasteiger partial charge in [0.05, 0.1) is 0 Å². The third-order valence-electron chi connectivity index (χ3n) is 2.55. The molecule has 17 heavy (non-hydrogen) atoms. The van der Waals surface area contributed by atoms with Gasteiger partial charge >= 0.3 is 0 Å². The molecule has 2 N–H and O–H groups in total. The lowest BCUT2D eigenvalue weighted by molar-refractivity contribution is 0.317. The van der Waals surface area contributed by atoms with E-state index in [9.17, 15) is 0 Å². The van der Waals surface area contributed by atoms with Crippen molar-refractivity contribution < 1.29 is 4.52 Å². The van der Waals surface area contributed by atoms with E-state index >= 15 is 0 Å². The Labute approximate surface area is 105 Å². The molecule has 0 saturated carbocycles. The molecule has 0 fully saturated rings. The summed E-state index contributed by atoms with van der Waals surface area (Å²) in [6, 6.07) is 1.75. The van der Waals surface area contributed by atoms with Gasteiger partial charge in [0.15, 0.2) is 5.82 Å². The van der Waals surface area contributed by atoms with Crippen LogP contribution in [0.25, 0.3) is 0 Å². The predicted octanol–water partition coefficient (Wildman–Crippen LogP) is 2.79. The number of aryl methyl sites for hydroxylation is 1. The Morgan fingerprint density at radius 1 is 1.41 bits per heavy atom. The molecular weight excluding hydrogens is 234 g/mol. The zero-order valence-corrected chi connectivity index (χ0v) is 11.3. The Bertz CT molecular complexity index is 510. The quantitative estimate of drug-likeness (QED) is 0.891. The van der Waals surface area contributed by atoms with Crippen molar-refractivity contribution in [3.05, 3.63) is 33.6 Å². The van der Waals surface area contributed by atoms with Gasteiger partial charge in [0.25, 0.3) is 0 Å². The van der Waals surface area contributed by atoms with Gasteiger partial charge in [-0.05, 0) is 23.9 Å². The monoisotopic (exact) mass is 251 g/mol. The summed E-state index contributed by atoms with van der Waals surface area (Å²) in [6.45, 7) is 8.14. The van der Waals surface area contributed by atoms with Crippen molar-refractivity contribution in [1.82, 2.24) is 10.1 Å². The maximum Gasteiger partial charge on any atom is 0.232 e. The van der Waals surface area contributed by atoms with Crippen LogP contribution < -0.4 is 5.73 Å². The van der Waals surface area contributed by atoms with Gasteiger partial charge in [-0.15, -0.1) is 11.3 Å². The number of rotatable bonds is 2. The molecule has 0 aliphatic rings. The first-order chi connectivity index (χ1) is 7.89. The summed E-state index contributed by atoms with van der Waals surface area (Å²) in [5.41, 5.74) is 7.17. The van der Waals surface area contributed by atoms with Crippen LogP contribution in [0.3, 0.4) is 0 Å². The van der Waals surface area contributed by atoms with Gasteiger partial charge in [-0.2, -0.15) is 4.98 Å². The molecule has 0 aliphatic heterocycles. The van der Waals surface area contributed by atoms with Gasteiger partial charge in [-0.1, -0.05) is 25.9 Å². The minimum atomic E-state index is -0.296. The van der Waals surface area contributed by atoms with E-state index < -0.39 is 0 Å². The second kappa shape index (κ2) is 4.23. The van der Waals surface area contributed by atoms with Crippen molar-refractivity contribution in [2.45, 2.75) is 39.2 Å². The van der Waals surface area contributed by atoms with Crippen LogP contribution in [0.15, 0.2) is 16.0 Å². The number of nitrogens with two attached hydrogens (primary N) is 1. The number of aromatic nitrogens is 2. The molecule has 92 valence electrons. The first kappa shape index (κ1) is 12.3. The van der Waals surface area contributed by atoms with Crippen LogP contribution in [0.5, 0.6) is 0 Å². The first-order valence-electron chi connectivity index (χ1n) is 5.53. The molecule has 0 aliphatic carbocycles. The van der Waals surface area contributed by atoms with Crippen LogP contribution in [0.2, 0.25) is 0 Å². The lowest BCUT2D eigenvalue weighted by Crippen LogP contribution is -2.15. The van der Waals surface area contributed by atoms with Gasteiger partial charge < -0.3 is 10.3 Å². The van der Waals surface area contributed by atoms with Gasteiger partial charge in [-0.25, -0.2) is 0 Å². The summed E-state index contributed by atoms with van der Waals surface area (Å²) in [5, 5.41) is 6.00. The van der Waals surface area contributed by atoms with Crippen LogP contribution in [0, 0.1) is 6.92 Å². The molecule has 2 rings (SSSR count). The smallest absolute Gasteiger partial charge is 0.232 e. The van der Waals surface area contributed by atoms with Gasteiger partial charge in [-0.3, -0.25) is 0 Å². The van der Waals surface area contributed by atoms with E-state index in [-0.39, 0.29) is 11.5 Å². The first-order valence-corrected chi connectivity index (χ1v) is 6.41. The SMILES string of the molecule is Cc1ccsc1C(N)c1noc(C(C)(C)C)n1. The molecule has 0 spiro atoms. The van der Waals surface area contributed by atoms with E-state index in [1.165, 1.54) is 5.56 Å². The van der Waals surface area contributed by atoms with E-state index in [0.717, 1.165) is 4.88 Å². The van der Waals surface area contributed by atoms with E-state index in [4.69, 9.17) is 10.3 Å². The predicted molar refractivity (Wildman–Crippen MR) is 68.1 cm³/mol. The van der Waals surface area contributed by atoms with E-state index in [1.54, 1.807) is 11.3 Å². The maximum absolute atomic E-state index is 6.14. The topological polar surface area (TPSA) is 64.9 Å². The Kier molecular flexibility index (Phi) is 3.05. The largest absolute Gasteiger partial charge is 0.339 e. The summed E-state index contributed by atoms with van der Waals surface area (Å²) in [4.78, 5) is 5.47. The van der Waals surface area contributed by atoms with Crippen molar-refractivity contribution in [1.29, 1.82) is 0 Å². The minimum absolute atomic E-state index is 0.143. The van der Waals surface area contributed by atoms with Crippen molar-refractivity contribution in [2.24, 2.45) is 5.73 Å². The number of hydrogen-bond acceptors (Lipinski definition) is 5. The van der Waals surface area contributed by atoms with E-state index in [2.05, 4.69) is 10.1 Å².